The van der Waals surface area contributed by atoms with Gasteiger partial charge in [-0.1, -0.05) is 0 Å². The van der Waals surface area contributed by atoms with E-state index in [9.17, 15) is 14.4 Å². The van der Waals surface area contributed by atoms with Crippen LogP contribution in [0.4, 0.5) is 20.6 Å². The van der Waals surface area contributed by atoms with Crippen molar-refractivity contribution in [2.75, 3.05) is 23.3 Å². The number of amides is 1. The molecule has 0 atom stereocenters. The molecule has 1 heterocycles. The molecule has 1 aromatic carbocycles. The van der Waals surface area contributed by atoms with Gasteiger partial charge in [-0.3, -0.25) is 0 Å². The van der Waals surface area contributed by atoms with Gasteiger partial charge in [-0.05, 0) is 51.8 Å². The number of allylic oxidation sites excluding steroid dienone is 2. The monoisotopic (exact) mass is 410 g/mol. The minimum Gasteiger partial charge on any atom is -0.444 e. The molecule has 0 aromatic heterocycles. The van der Waals surface area contributed by atoms with Crippen LogP contribution in [0.1, 0.15) is 33.6 Å². The van der Waals surface area contributed by atoms with Crippen LogP contribution in [-0.2, 0) is 4.74 Å². The summed E-state index contributed by atoms with van der Waals surface area (Å²) in [5.74, 6) is -0.518. The molecule has 156 valence electrons. The third kappa shape index (κ3) is 6.12. The maximum atomic E-state index is 13.8. The number of halogens is 1. The van der Waals surface area contributed by atoms with Crippen molar-refractivity contribution in [3.05, 3.63) is 35.3 Å². The summed E-state index contributed by atoms with van der Waals surface area (Å²) in [6.07, 6.45) is 0.839. The lowest BCUT2D eigenvalue weighted by Gasteiger charge is -2.35. The predicted octanol–water partition coefficient (Wildman–Crippen LogP) is 3.56. The number of nitriles is 3. The Kier molecular flexibility index (Phi) is 7.22. The Hall–Kier alpha value is -3.77. The summed E-state index contributed by atoms with van der Waals surface area (Å²) in [7, 11) is 0. The first kappa shape index (κ1) is 22.5. The van der Waals surface area contributed by atoms with Crippen molar-refractivity contribution < 1.29 is 13.9 Å². The Labute approximate surface area is 175 Å². The average molecular weight is 410 g/mol. The van der Waals surface area contributed by atoms with Crippen LogP contribution in [-0.4, -0.2) is 30.8 Å². The van der Waals surface area contributed by atoms with E-state index in [1.54, 1.807) is 45.0 Å². The van der Waals surface area contributed by atoms with Crippen LogP contribution < -0.4 is 15.5 Å². The van der Waals surface area contributed by atoms with Gasteiger partial charge in [0.15, 0.2) is 5.57 Å². The number of anilines is 2. The van der Waals surface area contributed by atoms with Gasteiger partial charge in [0, 0.05) is 19.1 Å². The molecular weight excluding hydrogens is 387 g/mol. The topological polar surface area (TPSA) is 125 Å². The number of hydrogen-bond acceptors (Lipinski definition) is 7. The van der Waals surface area contributed by atoms with Crippen LogP contribution in [0.2, 0.25) is 0 Å². The molecule has 1 saturated heterocycles. The van der Waals surface area contributed by atoms with Gasteiger partial charge in [-0.15, -0.1) is 0 Å². The fraction of sp³-hybridized carbons (Fsp3) is 0.429. The number of benzene rings is 1. The first-order valence-electron chi connectivity index (χ1n) is 9.42. The Bertz CT molecular complexity index is 938. The minimum atomic E-state index is -0.572. The van der Waals surface area contributed by atoms with Crippen LogP contribution in [0.15, 0.2) is 29.5 Å². The van der Waals surface area contributed by atoms with Crippen molar-refractivity contribution in [1.82, 2.24) is 5.32 Å². The van der Waals surface area contributed by atoms with Gasteiger partial charge in [-0.2, -0.15) is 15.8 Å². The Morgan fingerprint density at radius 3 is 2.33 bits per heavy atom. The van der Waals surface area contributed by atoms with Crippen molar-refractivity contribution in [1.29, 1.82) is 15.8 Å². The van der Waals surface area contributed by atoms with Crippen LogP contribution in [0, 0.1) is 39.8 Å². The van der Waals surface area contributed by atoms with Gasteiger partial charge in [-0.25, -0.2) is 9.18 Å². The summed E-state index contributed by atoms with van der Waals surface area (Å²) in [6.45, 7) is 6.55. The van der Waals surface area contributed by atoms with Crippen LogP contribution in [0.25, 0.3) is 0 Å². The zero-order valence-corrected chi connectivity index (χ0v) is 17.1. The number of alkyl carbamates (subject to hydrolysis) is 1. The fourth-order valence-electron chi connectivity index (χ4n) is 3.04. The zero-order valence-electron chi connectivity index (χ0n) is 17.1. The second-order valence-corrected chi connectivity index (χ2v) is 7.78. The number of ether oxygens (including phenoxy) is 1. The first-order chi connectivity index (χ1) is 14.2. The summed E-state index contributed by atoms with van der Waals surface area (Å²) in [5, 5.41) is 32.8. The van der Waals surface area contributed by atoms with Gasteiger partial charge in [0.05, 0.1) is 11.4 Å². The molecule has 1 aromatic rings. The highest BCUT2D eigenvalue weighted by atomic mass is 19.1. The Morgan fingerprint density at radius 1 is 1.17 bits per heavy atom. The normalized spacial score (nSPS) is 14.0. The molecule has 1 aliphatic rings. The van der Waals surface area contributed by atoms with Gasteiger partial charge in [0.1, 0.15) is 35.3 Å². The molecule has 0 spiro atoms. The summed E-state index contributed by atoms with van der Waals surface area (Å²) >= 11 is 0. The SMILES string of the molecule is CC(C)(C)OC(=O)NC1CCN(c2ccc(F)cc2NC(C#N)=C(C#N)C#N)CC1. The number of nitrogens with zero attached hydrogens (tertiary/aromatic N) is 4. The summed E-state index contributed by atoms with van der Waals surface area (Å²) < 4.78 is 19.1. The summed E-state index contributed by atoms with van der Waals surface area (Å²) in [5.41, 5.74) is -0.276. The highest BCUT2D eigenvalue weighted by molar-refractivity contribution is 5.74. The lowest BCUT2D eigenvalue weighted by Crippen LogP contribution is -2.46. The molecule has 8 nitrogen and oxygen atoms in total. The molecule has 1 aliphatic heterocycles. The molecule has 1 fully saturated rings. The van der Waals surface area contributed by atoms with Crippen molar-refractivity contribution in [2.45, 2.75) is 45.3 Å². The maximum absolute atomic E-state index is 13.8. The quantitative estimate of drug-likeness (QED) is 0.727. The lowest BCUT2D eigenvalue weighted by molar-refractivity contribution is 0.0497. The molecule has 1 amide bonds. The molecule has 0 unspecified atom stereocenters. The van der Waals surface area contributed by atoms with E-state index < -0.39 is 17.5 Å². The highest BCUT2D eigenvalue weighted by Crippen LogP contribution is 2.30. The van der Waals surface area contributed by atoms with Gasteiger partial charge < -0.3 is 20.3 Å². The number of rotatable bonds is 4. The largest absolute Gasteiger partial charge is 0.444 e. The number of carbonyl (C=O) groups is 1. The number of carbonyl (C=O) groups excluding carboxylic acids is 1. The third-order valence-electron chi connectivity index (χ3n) is 4.36. The van der Waals surface area contributed by atoms with E-state index in [4.69, 9.17) is 15.3 Å². The lowest BCUT2D eigenvalue weighted by atomic mass is 10.0. The smallest absolute Gasteiger partial charge is 0.407 e. The second kappa shape index (κ2) is 9.62. The Morgan fingerprint density at radius 2 is 1.80 bits per heavy atom. The molecule has 9 heteroatoms. The van der Waals surface area contributed by atoms with Gasteiger partial charge in [0.2, 0.25) is 0 Å². The Balaban J connectivity index is 2.13. The maximum Gasteiger partial charge on any atom is 0.407 e. The number of piperidine rings is 1. The van der Waals surface area contributed by atoms with Crippen molar-refractivity contribution in [3.8, 4) is 18.2 Å². The summed E-state index contributed by atoms with van der Waals surface area (Å²) in [6, 6.07) is 9.11. The predicted molar refractivity (Wildman–Crippen MR) is 108 cm³/mol. The molecule has 0 radical (unpaired) electrons. The van der Waals surface area contributed by atoms with E-state index in [0.29, 0.717) is 31.6 Å². The minimum absolute atomic E-state index is 0.0497. The van der Waals surface area contributed by atoms with Crippen molar-refractivity contribution in [2.24, 2.45) is 0 Å². The van der Waals surface area contributed by atoms with Crippen LogP contribution >= 0.6 is 0 Å². The average Bonchev–Trinajstić information content (AvgIpc) is 2.67. The van der Waals surface area contributed by atoms with Crippen molar-refractivity contribution >= 4 is 17.5 Å². The molecule has 0 saturated carbocycles. The summed E-state index contributed by atoms with van der Waals surface area (Å²) in [4.78, 5) is 13.9. The third-order valence-corrected chi connectivity index (χ3v) is 4.36. The van der Waals surface area contributed by atoms with Gasteiger partial charge >= 0.3 is 6.09 Å². The molecule has 0 aliphatic carbocycles. The highest BCUT2D eigenvalue weighted by Gasteiger charge is 2.25. The van der Waals surface area contributed by atoms with E-state index in [0.717, 1.165) is 0 Å². The van der Waals surface area contributed by atoms with E-state index in [1.165, 1.54) is 12.1 Å². The van der Waals surface area contributed by atoms with Gasteiger partial charge in [0.25, 0.3) is 0 Å². The molecule has 2 N–H and O–H groups in total. The van der Waals surface area contributed by atoms with Crippen molar-refractivity contribution in [3.63, 3.8) is 0 Å². The molecule has 2 rings (SSSR count). The van der Waals surface area contributed by atoms with E-state index in [1.807, 2.05) is 4.90 Å². The number of hydrogen-bond donors (Lipinski definition) is 2. The second-order valence-electron chi connectivity index (χ2n) is 7.78. The standard InChI is InChI=1S/C21H23FN6O2/c1-21(2,3)30-20(29)26-16-6-8-28(9-7-16)19-5-4-15(22)10-17(19)27-18(13-25)14(11-23)12-24/h4-5,10,16,27H,6-9H2,1-3H3,(H,26,29). The molecule has 30 heavy (non-hydrogen) atoms. The number of nitrogens with one attached hydrogen (secondary N) is 2. The zero-order chi connectivity index (χ0) is 22.3. The fourth-order valence-corrected chi connectivity index (χ4v) is 3.04. The first-order valence-corrected chi connectivity index (χ1v) is 9.42. The van der Waals surface area contributed by atoms with E-state index in [2.05, 4.69) is 10.6 Å². The molecular formula is C21H23FN6O2. The van der Waals surface area contributed by atoms with E-state index >= 15 is 0 Å². The van der Waals surface area contributed by atoms with Crippen LogP contribution in [0.5, 0.6) is 0 Å². The van der Waals surface area contributed by atoms with E-state index in [-0.39, 0.29) is 23.0 Å². The molecule has 0 bridgehead atoms. The van der Waals surface area contributed by atoms with Crippen LogP contribution in [0.3, 0.4) is 0 Å².